The second-order valence-corrected chi connectivity index (χ2v) is 6.21. The van der Waals surface area contributed by atoms with E-state index in [-0.39, 0.29) is 11.9 Å². The van der Waals surface area contributed by atoms with Crippen LogP contribution in [0.2, 0.25) is 0 Å². The summed E-state index contributed by atoms with van der Waals surface area (Å²) in [6.07, 6.45) is 0.819. The van der Waals surface area contributed by atoms with Gasteiger partial charge in [-0.15, -0.1) is 0 Å². The summed E-state index contributed by atoms with van der Waals surface area (Å²) in [5.41, 5.74) is 2.30. The fourth-order valence-corrected chi connectivity index (χ4v) is 3.35. The minimum absolute atomic E-state index is 0.194. The molecule has 0 amide bonds. The predicted molar refractivity (Wildman–Crippen MR) is 83.7 cm³/mol. The Morgan fingerprint density at radius 3 is 2.16 bits per heavy atom. The summed E-state index contributed by atoms with van der Waals surface area (Å²) >= 11 is 7.00. The molecular weight excluding hydrogens is 373 g/mol. The van der Waals surface area contributed by atoms with E-state index in [1.807, 2.05) is 25.2 Å². The van der Waals surface area contributed by atoms with Crippen LogP contribution in [0, 0.1) is 5.82 Å². The molecule has 4 heteroatoms. The third-order valence-electron chi connectivity index (χ3n) is 2.99. The average Bonchev–Trinajstić information content (AvgIpc) is 2.37. The molecule has 1 N–H and O–H groups in total. The molecule has 2 aromatic rings. The second kappa shape index (κ2) is 6.64. The lowest BCUT2D eigenvalue weighted by Gasteiger charge is -2.17. The molecule has 1 nitrogen and oxygen atoms in total. The Morgan fingerprint density at radius 2 is 1.63 bits per heavy atom. The lowest BCUT2D eigenvalue weighted by atomic mass is 9.99. The highest BCUT2D eigenvalue weighted by molar-refractivity contribution is 9.11. The van der Waals surface area contributed by atoms with E-state index in [0.717, 1.165) is 20.9 Å². The molecule has 0 aliphatic heterocycles. The van der Waals surface area contributed by atoms with Gasteiger partial charge in [0.05, 0.1) is 0 Å². The Morgan fingerprint density at radius 1 is 1.05 bits per heavy atom. The summed E-state index contributed by atoms with van der Waals surface area (Å²) in [4.78, 5) is 0. The van der Waals surface area contributed by atoms with Crippen molar-refractivity contribution in [1.82, 2.24) is 5.32 Å². The van der Waals surface area contributed by atoms with Gasteiger partial charge in [0.1, 0.15) is 5.82 Å². The van der Waals surface area contributed by atoms with Crippen molar-refractivity contribution in [3.63, 3.8) is 0 Å². The third kappa shape index (κ3) is 4.13. The Kier molecular flexibility index (Phi) is 5.13. The first-order chi connectivity index (χ1) is 9.08. The lowest BCUT2D eigenvalue weighted by Crippen LogP contribution is -2.18. The Balaban J connectivity index is 2.22. The highest BCUT2D eigenvalue weighted by Gasteiger charge is 2.11. The smallest absolute Gasteiger partial charge is 0.123 e. The van der Waals surface area contributed by atoms with Crippen LogP contribution in [0.15, 0.2) is 51.4 Å². The van der Waals surface area contributed by atoms with Gasteiger partial charge in [-0.2, -0.15) is 0 Å². The van der Waals surface area contributed by atoms with Gasteiger partial charge in [-0.1, -0.05) is 44.0 Å². The van der Waals surface area contributed by atoms with Gasteiger partial charge in [0.15, 0.2) is 0 Å². The zero-order valence-corrected chi connectivity index (χ0v) is 13.6. The Bertz CT molecular complexity index is 534. The van der Waals surface area contributed by atoms with Gasteiger partial charge < -0.3 is 5.32 Å². The lowest BCUT2D eigenvalue weighted by molar-refractivity contribution is 0.588. The number of halogens is 3. The van der Waals surface area contributed by atoms with Gasteiger partial charge in [-0.3, -0.25) is 0 Å². The molecule has 0 saturated carbocycles. The fourth-order valence-electron chi connectivity index (χ4n) is 2.02. The minimum atomic E-state index is -0.199. The molecule has 0 aliphatic carbocycles. The van der Waals surface area contributed by atoms with Crippen molar-refractivity contribution < 1.29 is 4.39 Å². The van der Waals surface area contributed by atoms with E-state index in [1.54, 1.807) is 0 Å². The highest BCUT2D eigenvalue weighted by Crippen LogP contribution is 2.26. The van der Waals surface area contributed by atoms with Gasteiger partial charge >= 0.3 is 0 Å². The van der Waals surface area contributed by atoms with Crippen LogP contribution in [-0.2, 0) is 6.42 Å². The fraction of sp³-hybridized carbons (Fsp3) is 0.200. The SMILES string of the molecule is CNC(Cc1ccc(F)cc1)c1cc(Br)cc(Br)c1. The Labute approximate surface area is 129 Å². The number of nitrogens with one attached hydrogen (secondary N) is 1. The van der Waals surface area contributed by atoms with E-state index in [2.05, 4.69) is 49.3 Å². The number of likely N-dealkylation sites (N-methyl/N-ethyl adjacent to an activating group) is 1. The van der Waals surface area contributed by atoms with Gasteiger partial charge in [0.2, 0.25) is 0 Å². The first-order valence-electron chi connectivity index (χ1n) is 5.96. The molecule has 0 saturated heterocycles. The van der Waals surface area contributed by atoms with Crippen molar-refractivity contribution in [2.24, 2.45) is 0 Å². The molecule has 0 radical (unpaired) electrons. The van der Waals surface area contributed by atoms with E-state index in [4.69, 9.17) is 0 Å². The van der Waals surface area contributed by atoms with Gasteiger partial charge in [0.25, 0.3) is 0 Å². The van der Waals surface area contributed by atoms with E-state index >= 15 is 0 Å². The molecule has 100 valence electrons. The highest BCUT2D eigenvalue weighted by atomic mass is 79.9. The maximum absolute atomic E-state index is 12.9. The monoisotopic (exact) mass is 385 g/mol. The molecule has 1 unspecified atom stereocenters. The van der Waals surface area contributed by atoms with Crippen molar-refractivity contribution in [2.45, 2.75) is 12.5 Å². The maximum atomic E-state index is 12.9. The van der Waals surface area contributed by atoms with E-state index < -0.39 is 0 Å². The van der Waals surface area contributed by atoms with Gasteiger partial charge in [0, 0.05) is 15.0 Å². The number of hydrogen-bond acceptors (Lipinski definition) is 1. The zero-order chi connectivity index (χ0) is 13.8. The van der Waals surface area contributed by atoms with E-state index in [1.165, 1.54) is 17.7 Å². The molecule has 1 atom stereocenters. The molecule has 2 aromatic carbocycles. The van der Waals surface area contributed by atoms with Crippen molar-refractivity contribution in [3.8, 4) is 0 Å². The van der Waals surface area contributed by atoms with E-state index in [0.29, 0.717) is 0 Å². The summed E-state index contributed by atoms with van der Waals surface area (Å²) in [5.74, 6) is -0.199. The van der Waals surface area contributed by atoms with Crippen LogP contribution in [0.5, 0.6) is 0 Å². The molecule has 0 fully saturated rings. The molecule has 0 aromatic heterocycles. The van der Waals surface area contributed by atoms with Crippen molar-refractivity contribution in [3.05, 3.63) is 68.4 Å². The summed E-state index contributed by atoms with van der Waals surface area (Å²) in [5, 5.41) is 3.30. The summed E-state index contributed by atoms with van der Waals surface area (Å²) in [6, 6.07) is 13.0. The quantitative estimate of drug-likeness (QED) is 0.791. The van der Waals surface area contributed by atoms with Gasteiger partial charge in [-0.05, 0) is 54.9 Å². The first kappa shape index (κ1) is 14.7. The molecule has 2 rings (SSSR count). The van der Waals surface area contributed by atoms with Crippen molar-refractivity contribution in [2.75, 3.05) is 7.05 Å². The topological polar surface area (TPSA) is 12.0 Å². The molecule has 0 heterocycles. The predicted octanol–water partition coefficient (Wildman–Crippen LogP) is 4.85. The molecule has 0 aliphatic rings. The summed E-state index contributed by atoms with van der Waals surface area (Å²) in [7, 11) is 1.93. The standard InChI is InChI=1S/C15H14Br2FN/c1-19-15(6-10-2-4-14(18)5-3-10)11-7-12(16)9-13(17)8-11/h2-5,7-9,15,19H,6H2,1H3. The van der Waals surface area contributed by atoms with Crippen LogP contribution in [-0.4, -0.2) is 7.05 Å². The van der Waals surface area contributed by atoms with Gasteiger partial charge in [-0.25, -0.2) is 4.39 Å². The van der Waals surface area contributed by atoms with Crippen LogP contribution in [0.4, 0.5) is 4.39 Å². The first-order valence-corrected chi connectivity index (χ1v) is 7.55. The van der Waals surface area contributed by atoms with Crippen LogP contribution in [0.3, 0.4) is 0 Å². The maximum Gasteiger partial charge on any atom is 0.123 e. The van der Waals surface area contributed by atoms with Crippen molar-refractivity contribution in [1.29, 1.82) is 0 Å². The number of rotatable bonds is 4. The molecule has 19 heavy (non-hydrogen) atoms. The van der Waals surface area contributed by atoms with E-state index in [9.17, 15) is 4.39 Å². The Hall–Kier alpha value is -0.710. The average molecular weight is 387 g/mol. The van der Waals surface area contributed by atoms with Crippen molar-refractivity contribution >= 4 is 31.9 Å². The molecular formula is C15H14Br2FN. The largest absolute Gasteiger partial charge is 0.313 e. The van der Waals surface area contributed by atoms with Crippen LogP contribution < -0.4 is 5.32 Å². The third-order valence-corrected chi connectivity index (χ3v) is 3.90. The summed E-state index contributed by atoms with van der Waals surface area (Å²) in [6.45, 7) is 0. The molecule has 0 bridgehead atoms. The zero-order valence-electron chi connectivity index (χ0n) is 10.5. The van der Waals surface area contributed by atoms with Crippen LogP contribution in [0.1, 0.15) is 17.2 Å². The normalized spacial score (nSPS) is 12.4. The van der Waals surface area contributed by atoms with Crippen LogP contribution >= 0.6 is 31.9 Å². The minimum Gasteiger partial charge on any atom is -0.313 e. The van der Waals surface area contributed by atoms with Crippen LogP contribution in [0.25, 0.3) is 0 Å². The summed E-state index contributed by atoms with van der Waals surface area (Å²) < 4.78 is 15.0. The second-order valence-electron chi connectivity index (χ2n) is 4.37. The number of benzene rings is 2. The molecule has 0 spiro atoms. The number of hydrogen-bond donors (Lipinski definition) is 1.